The van der Waals surface area contributed by atoms with Crippen molar-refractivity contribution in [3.05, 3.63) is 257 Å². The average molecular weight is 1680 g/mol. The highest BCUT2D eigenvalue weighted by Gasteiger charge is 2.33. The van der Waals surface area contributed by atoms with Crippen molar-refractivity contribution in [2.24, 2.45) is 0 Å². The van der Waals surface area contributed by atoms with Gasteiger partial charge in [-0.15, -0.1) is 0 Å². The van der Waals surface area contributed by atoms with E-state index >= 15 is 0 Å². The quantitative estimate of drug-likeness (QED) is 0.0964. The standard InChI is InChI=1S/C25H28N6O.C25H30N6O.C23H26N6O2.C22H24N6O2/c1-3-20-23-12-22(28-31(23)14-16(2)26-20)21-13-25(32)30-15-18(4-7-24(30)27-21)17-8-10-29(11-9-17)19-5-6-19;1-5-20-23-12-22(28-31(23)14-17(4)26-20)21-13-25(32)30-15-19(6-7-24(30)27-21)18-8-10-29(11-9-18)16(2)3;1-3-26-6-8-27(9-7-26)19-4-5-21-25-20(11-22(31)29(21)14-19)17-10-18(15-30)23-24-16(2)12-28(23)13-17;1-15-11-27-12-16(9-17(14-29)22(27)23-15)19-10-21(30)28-13-18(3-4-20(28)24-19)26-7-5-25(2)6-8-26/h4,7,12-15,17,19H,3,5-6,8-11H2,1-2H3;6-7,12-16,18H,5,8-11H2,1-4H3;4-5,10-14,30H,3,6-9,15H2,1-2H3;3-4,9-13,29H,5-8,14H2,1-2H3. The summed E-state index contributed by atoms with van der Waals surface area (Å²) in [5.41, 5.74) is 22.3. The molecule has 0 amide bonds. The zero-order chi connectivity index (χ0) is 86.6. The van der Waals surface area contributed by atoms with E-state index < -0.39 is 0 Å². The van der Waals surface area contributed by atoms with Crippen LogP contribution in [0.4, 0.5) is 11.4 Å². The van der Waals surface area contributed by atoms with E-state index in [0.29, 0.717) is 97.1 Å². The molecule has 0 atom stereocenters. The van der Waals surface area contributed by atoms with Gasteiger partial charge in [0, 0.05) is 161 Å². The lowest BCUT2D eigenvalue weighted by atomic mass is 9.90. The van der Waals surface area contributed by atoms with Gasteiger partial charge in [0.2, 0.25) is 0 Å². The van der Waals surface area contributed by atoms with Gasteiger partial charge < -0.3 is 48.4 Å². The van der Waals surface area contributed by atoms with Crippen molar-refractivity contribution in [3.63, 3.8) is 0 Å². The number of rotatable bonds is 15. The highest BCUT2D eigenvalue weighted by Crippen LogP contribution is 2.36. The molecule has 125 heavy (non-hydrogen) atoms. The number of piperazine rings is 2. The van der Waals surface area contributed by atoms with Crippen molar-refractivity contribution < 1.29 is 10.2 Å². The summed E-state index contributed by atoms with van der Waals surface area (Å²) >= 11 is 0. The van der Waals surface area contributed by atoms with Gasteiger partial charge in [0.05, 0.1) is 105 Å². The first-order valence-corrected chi connectivity index (χ1v) is 44.0. The van der Waals surface area contributed by atoms with Gasteiger partial charge in [-0.1, -0.05) is 32.9 Å². The summed E-state index contributed by atoms with van der Waals surface area (Å²) in [5, 5.41) is 28.9. The number of anilines is 2. The van der Waals surface area contributed by atoms with Crippen molar-refractivity contribution in [2.75, 3.05) is 102 Å². The number of piperidine rings is 2. The fraction of sp³-hybridized carbons (Fsp3) is 0.389. The number of pyridine rings is 6. The molecule has 16 aromatic rings. The van der Waals surface area contributed by atoms with E-state index in [2.05, 4.69) is 113 Å². The van der Waals surface area contributed by atoms with Gasteiger partial charge in [0.25, 0.3) is 22.2 Å². The molecule has 4 saturated heterocycles. The van der Waals surface area contributed by atoms with Crippen LogP contribution in [0.25, 0.3) is 90.2 Å². The van der Waals surface area contributed by atoms with Crippen LogP contribution in [0.5, 0.6) is 0 Å². The van der Waals surface area contributed by atoms with E-state index in [0.717, 1.165) is 184 Å². The largest absolute Gasteiger partial charge is 0.392 e. The van der Waals surface area contributed by atoms with Gasteiger partial charge in [0.1, 0.15) is 45.3 Å². The summed E-state index contributed by atoms with van der Waals surface area (Å²) < 4.78 is 14.0. The predicted molar refractivity (Wildman–Crippen MR) is 487 cm³/mol. The molecular weight excluding hydrogens is 1570 g/mol. The second-order valence-electron chi connectivity index (χ2n) is 34.3. The summed E-state index contributed by atoms with van der Waals surface area (Å²) in [6, 6.07) is 31.4. The van der Waals surface area contributed by atoms with Crippen LogP contribution in [0, 0.1) is 27.7 Å². The molecule has 0 radical (unpaired) electrons. The number of aliphatic hydroxyl groups excluding tert-OH is 2. The number of aliphatic hydroxyl groups is 2. The number of nitrogens with zero attached hydrogens (tertiary/aromatic N) is 24. The molecular formula is C95H108N24O6. The van der Waals surface area contributed by atoms with Crippen LogP contribution in [-0.4, -0.2) is 220 Å². The van der Waals surface area contributed by atoms with Crippen LogP contribution >= 0.6 is 0 Å². The Balaban J connectivity index is 0.000000113. The smallest absolute Gasteiger partial charge is 0.258 e. The molecule has 16 aromatic heterocycles. The first-order valence-electron chi connectivity index (χ1n) is 44.0. The fourth-order valence-electron chi connectivity index (χ4n) is 18.2. The number of likely N-dealkylation sites (N-methyl/N-ethyl adjacent to an activating group) is 2. The summed E-state index contributed by atoms with van der Waals surface area (Å²) in [5.74, 6) is 1.00. The van der Waals surface area contributed by atoms with Crippen LogP contribution in [-0.2, 0) is 26.1 Å². The summed E-state index contributed by atoms with van der Waals surface area (Å²) in [6.07, 6.45) is 28.1. The fourth-order valence-corrected chi connectivity index (χ4v) is 18.2. The Morgan fingerprint density at radius 2 is 0.784 bits per heavy atom. The SMILES string of the molecule is CCN1CCN(c2ccc3nc(-c4cc(CO)c5nc(C)cn5c4)cc(=O)n3c2)CC1.CCc1nc(C)cn2nc(-c3cc(=O)n4cc(C5CCN(C(C)C)CC5)ccc4n3)cc12.CCc1nc(C)cn2nc(-c3cc(=O)n4cc(C5CCN(C6CC6)CC5)ccc4n3)cc12.Cc1cn2cc(-c3cc(=O)n4cc(N5CCN(C)CC5)ccc4n3)cc(CO)c2n1. The van der Waals surface area contributed by atoms with E-state index in [4.69, 9.17) is 19.9 Å². The van der Waals surface area contributed by atoms with E-state index in [-0.39, 0.29) is 35.5 Å². The predicted octanol–water partition coefficient (Wildman–Crippen LogP) is 11.0. The van der Waals surface area contributed by atoms with Crippen LogP contribution in [0.3, 0.4) is 0 Å². The molecule has 1 saturated carbocycles. The van der Waals surface area contributed by atoms with Crippen molar-refractivity contribution in [1.29, 1.82) is 0 Å². The molecule has 4 aliphatic heterocycles. The lowest BCUT2D eigenvalue weighted by Gasteiger charge is -2.35. The van der Waals surface area contributed by atoms with E-state index in [1.807, 2.05) is 168 Å². The van der Waals surface area contributed by atoms with Crippen molar-refractivity contribution >= 4 is 56.3 Å². The Morgan fingerprint density at radius 1 is 0.392 bits per heavy atom. The molecule has 20 heterocycles. The second kappa shape index (κ2) is 35.2. The zero-order valence-corrected chi connectivity index (χ0v) is 72.8. The topological polar surface area (TPSA) is 292 Å². The van der Waals surface area contributed by atoms with Gasteiger partial charge in [-0.25, -0.2) is 38.9 Å². The highest BCUT2D eigenvalue weighted by atomic mass is 16.3. The highest BCUT2D eigenvalue weighted by molar-refractivity contribution is 5.71. The van der Waals surface area contributed by atoms with Gasteiger partial charge >= 0.3 is 0 Å². The molecule has 0 aromatic carbocycles. The Morgan fingerprint density at radius 3 is 1.19 bits per heavy atom. The average Bonchev–Trinajstić information content (AvgIpc) is 1.76. The number of aromatic nitrogens is 18. The minimum atomic E-state index is -0.130. The molecule has 2 N–H and O–H groups in total. The van der Waals surface area contributed by atoms with Crippen LogP contribution < -0.4 is 32.0 Å². The minimum Gasteiger partial charge on any atom is -0.392 e. The van der Waals surface area contributed by atoms with Crippen molar-refractivity contribution in [2.45, 2.75) is 151 Å². The number of aryl methyl sites for hydroxylation is 6. The first kappa shape index (κ1) is 83.3. The number of hydrogen-bond acceptors (Lipinski definition) is 22. The maximum atomic E-state index is 13.0. The number of imidazole rings is 2. The molecule has 0 unspecified atom stereocenters. The number of fused-ring (bicyclic) bond motifs is 8. The Hall–Kier alpha value is -12.6. The van der Waals surface area contributed by atoms with Gasteiger partial charge in [-0.05, 0) is 216 Å². The number of likely N-dealkylation sites (tertiary alicyclic amines) is 2. The van der Waals surface area contributed by atoms with Gasteiger partial charge in [-0.3, -0.25) is 46.7 Å². The van der Waals surface area contributed by atoms with Crippen LogP contribution in [0.1, 0.15) is 141 Å². The Bertz CT molecular complexity index is 6800. The third kappa shape index (κ3) is 17.5. The molecule has 644 valence electrons. The van der Waals surface area contributed by atoms with Gasteiger partial charge in [0.15, 0.2) is 0 Å². The normalized spacial score (nSPS) is 16.2. The maximum Gasteiger partial charge on any atom is 0.258 e. The Kier molecular flexibility index (Phi) is 23.5. The van der Waals surface area contributed by atoms with E-state index in [1.165, 1.54) is 37.1 Å². The van der Waals surface area contributed by atoms with E-state index in [1.54, 1.807) is 41.9 Å². The summed E-state index contributed by atoms with van der Waals surface area (Å²) in [7, 11) is 2.12. The zero-order valence-electron chi connectivity index (χ0n) is 72.8. The maximum absolute atomic E-state index is 13.0. The molecule has 0 bridgehead atoms. The minimum absolute atomic E-state index is 0.0654. The molecule has 1 aliphatic carbocycles. The Labute approximate surface area is 722 Å². The lowest BCUT2D eigenvalue weighted by Crippen LogP contribution is -2.46. The van der Waals surface area contributed by atoms with Gasteiger partial charge in [-0.2, -0.15) is 10.2 Å². The monoisotopic (exact) mass is 1680 g/mol. The molecule has 30 nitrogen and oxygen atoms in total. The molecule has 5 aliphatic rings. The third-order valence-corrected chi connectivity index (χ3v) is 25.4. The van der Waals surface area contributed by atoms with Crippen molar-refractivity contribution in [1.82, 2.24) is 105 Å². The van der Waals surface area contributed by atoms with Crippen LogP contribution in [0.2, 0.25) is 0 Å². The number of hydrogen-bond donors (Lipinski definition) is 2. The van der Waals surface area contributed by atoms with E-state index in [9.17, 15) is 29.4 Å². The summed E-state index contributed by atoms with van der Waals surface area (Å²) in [6.45, 7) is 31.8. The molecule has 30 heteroatoms. The second-order valence-corrected chi connectivity index (χ2v) is 34.3. The first-order chi connectivity index (χ1) is 60.6. The summed E-state index contributed by atoms with van der Waals surface area (Å²) in [4.78, 5) is 103. The third-order valence-electron chi connectivity index (χ3n) is 25.4. The van der Waals surface area contributed by atoms with Crippen LogP contribution in [0.15, 0.2) is 178 Å². The molecule has 5 fully saturated rings. The van der Waals surface area contributed by atoms with Crippen molar-refractivity contribution in [3.8, 4) is 45.3 Å². The molecule has 0 spiro atoms. The lowest BCUT2D eigenvalue weighted by molar-refractivity contribution is 0.172. The molecule has 21 rings (SSSR count).